The van der Waals surface area contributed by atoms with E-state index in [9.17, 15) is 4.79 Å². The largest absolute Gasteiger partial charge is 0.497 e. The number of nitrogens with one attached hydrogen (secondary N) is 2. The summed E-state index contributed by atoms with van der Waals surface area (Å²) in [6.45, 7) is 0.948. The molecule has 3 aromatic rings. The lowest BCUT2D eigenvalue weighted by atomic mass is 10.3. The van der Waals surface area contributed by atoms with Gasteiger partial charge in [0.15, 0.2) is 0 Å². The maximum atomic E-state index is 12.3. The number of ether oxygens (including phenoxy) is 2. The van der Waals surface area contributed by atoms with Crippen LogP contribution in [-0.4, -0.2) is 36.1 Å². The molecule has 144 valence electrons. The fraction of sp³-hybridized carbons (Fsp3) is 0.150. The van der Waals surface area contributed by atoms with E-state index in [1.54, 1.807) is 37.4 Å². The lowest BCUT2D eigenvalue weighted by Crippen LogP contribution is -2.16. The molecule has 0 atom stereocenters. The molecule has 0 saturated carbocycles. The first-order valence-corrected chi connectivity index (χ1v) is 8.91. The van der Waals surface area contributed by atoms with Crippen molar-refractivity contribution in [3.8, 4) is 11.5 Å². The van der Waals surface area contributed by atoms with Gasteiger partial charge in [-0.3, -0.25) is 4.79 Å². The lowest BCUT2D eigenvalue weighted by Gasteiger charge is -2.09. The average Bonchev–Trinajstić information content (AvgIpc) is 2.73. The van der Waals surface area contributed by atoms with Crippen LogP contribution in [0.3, 0.4) is 0 Å². The summed E-state index contributed by atoms with van der Waals surface area (Å²) in [6.07, 6.45) is 1.34. The monoisotopic (exact) mass is 398 g/mol. The van der Waals surface area contributed by atoms with Crippen molar-refractivity contribution in [2.24, 2.45) is 0 Å². The van der Waals surface area contributed by atoms with E-state index in [0.717, 1.165) is 11.5 Å². The van der Waals surface area contributed by atoms with Gasteiger partial charge >= 0.3 is 0 Å². The van der Waals surface area contributed by atoms with Gasteiger partial charge in [0.1, 0.15) is 35.9 Å². The molecule has 3 rings (SSSR count). The molecule has 0 aliphatic heterocycles. The first-order chi connectivity index (χ1) is 13.6. The molecule has 0 saturated heterocycles. The molecule has 0 bridgehead atoms. The van der Waals surface area contributed by atoms with Gasteiger partial charge in [-0.2, -0.15) is 0 Å². The van der Waals surface area contributed by atoms with Crippen LogP contribution < -0.4 is 20.1 Å². The third-order valence-electron chi connectivity index (χ3n) is 3.74. The highest BCUT2D eigenvalue weighted by molar-refractivity contribution is 6.30. The summed E-state index contributed by atoms with van der Waals surface area (Å²) in [5.74, 6) is 1.72. The zero-order chi connectivity index (χ0) is 19.8. The number of aromatic nitrogens is 2. The zero-order valence-corrected chi connectivity index (χ0v) is 15.9. The van der Waals surface area contributed by atoms with Crippen molar-refractivity contribution in [3.63, 3.8) is 0 Å². The summed E-state index contributed by atoms with van der Waals surface area (Å²) < 4.78 is 10.7. The SMILES string of the molecule is COc1ccc(OCCNc2cc(C(=O)Nc3ccc(Cl)cc3)ncn2)cc1. The fourth-order valence-electron chi connectivity index (χ4n) is 2.33. The second-order valence-corrected chi connectivity index (χ2v) is 6.14. The first-order valence-electron chi connectivity index (χ1n) is 8.54. The third-order valence-corrected chi connectivity index (χ3v) is 3.99. The van der Waals surface area contributed by atoms with E-state index in [2.05, 4.69) is 20.6 Å². The Morgan fingerprint density at radius 1 is 1.04 bits per heavy atom. The normalized spacial score (nSPS) is 10.2. The first kappa shape index (κ1) is 19.4. The molecule has 0 unspecified atom stereocenters. The van der Waals surface area contributed by atoms with E-state index >= 15 is 0 Å². The number of amides is 1. The molecule has 0 aliphatic carbocycles. The van der Waals surface area contributed by atoms with E-state index in [0.29, 0.717) is 29.7 Å². The van der Waals surface area contributed by atoms with E-state index < -0.39 is 0 Å². The Bertz CT molecular complexity index is 917. The number of nitrogens with zero attached hydrogens (tertiary/aromatic N) is 2. The second kappa shape index (κ2) is 9.57. The minimum atomic E-state index is -0.331. The molecule has 0 spiro atoms. The number of carbonyl (C=O) groups is 1. The third kappa shape index (κ3) is 5.59. The molecule has 0 aliphatic rings. The highest BCUT2D eigenvalue weighted by Crippen LogP contribution is 2.17. The Morgan fingerprint density at radius 2 is 1.75 bits per heavy atom. The van der Waals surface area contributed by atoms with Gasteiger partial charge in [-0.1, -0.05) is 11.6 Å². The number of methoxy groups -OCH3 is 1. The van der Waals surface area contributed by atoms with E-state index in [1.165, 1.54) is 6.33 Å². The molecule has 28 heavy (non-hydrogen) atoms. The van der Waals surface area contributed by atoms with E-state index in [1.807, 2.05) is 24.3 Å². The van der Waals surface area contributed by atoms with Gasteiger partial charge in [-0.15, -0.1) is 0 Å². The van der Waals surface area contributed by atoms with Crippen molar-refractivity contribution in [2.75, 3.05) is 30.9 Å². The van der Waals surface area contributed by atoms with Crippen LogP contribution in [0, 0.1) is 0 Å². The summed E-state index contributed by atoms with van der Waals surface area (Å²) in [5, 5.41) is 6.47. The van der Waals surface area contributed by atoms with Crippen LogP contribution in [0.25, 0.3) is 0 Å². The molecule has 1 aromatic heterocycles. The van der Waals surface area contributed by atoms with Crippen LogP contribution >= 0.6 is 11.6 Å². The maximum Gasteiger partial charge on any atom is 0.274 e. The lowest BCUT2D eigenvalue weighted by molar-refractivity contribution is 0.102. The number of benzene rings is 2. The van der Waals surface area contributed by atoms with Gasteiger partial charge in [0.05, 0.1) is 13.7 Å². The van der Waals surface area contributed by atoms with Gasteiger partial charge in [0, 0.05) is 16.8 Å². The molecule has 2 N–H and O–H groups in total. The van der Waals surface area contributed by atoms with Crippen molar-refractivity contribution in [2.45, 2.75) is 0 Å². The summed E-state index contributed by atoms with van der Waals surface area (Å²) >= 11 is 5.84. The van der Waals surface area contributed by atoms with Crippen molar-refractivity contribution in [1.82, 2.24) is 9.97 Å². The molecule has 8 heteroatoms. The van der Waals surface area contributed by atoms with Crippen LogP contribution in [0.2, 0.25) is 5.02 Å². The number of hydrogen-bond donors (Lipinski definition) is 2. The molecular weight excluding hydrogens is 380 g/mol. The van der Waals surface area contributed by atoms with Gasteiger partial charge in [0.2, 0.25) is 0 Å². The van der Waals surface area contributed by atoms with E-state index in [-0.39, 0.29) is 11.6 Å². The van der Waals surface area contributed by atoms with Crippen molar-refractivity contribution in [1.29, 1.82) is 0 Å². The quantitative estimate of drug-likeness (QED) is 0.560. The molecule has 7 nitrogen and oxygen atoms in total. The van der Waals surface area contributed by atoms with Crippen molar-refractivity contribution < 1.29 is 14.3 Å². The van der Waals surface area contributed by atoms with Gasteiger partial charge < -0.3 is 20.1 Å². The number of halogens is 1. The molecular formula is C20H19ClN4O3. The Balaban J connectivity index is 1.49. The smallest absolute Gasteiger partial charge is 0.274 e. The standard InChI is InChI=1S/C20H19ClN4O3/c1-27-16-6-8-17(9-7-16)28-11-10-22-19-12-18(23-13-24-19)20(26)25-15-4-2-14(21)3-5-15/h2-9,12-13H,10-11H2,1H3,(H,25,26)(H,22,23,24). The number of carbonyl (C=O) groups excluding carboxylic acids is 1. The maximum absolute atomic E-state index is 12.3. The van der Waals surface area contributed by atoms with Crippen molar-refractivity contribution in [3.05, 3.63) is 71.6 Å². The minimum absolute atomic E-state index is 0.253. The second-order valence-electron chi connectivity index (χ2n) is 5.70. The average molecular weight is 399 g/mol. The minimum Gasteiger partial charge on any atom is -0.497 e. The van der Waals surface area contributed by atoms with Crippen LogP contribution in [0.1, 0.15) is 10.5 Å². The Labute approximate surface area is 167 Å². The van der Waals surface area contributed by atoms with Crippen LogP contribution in [0.15, 0.2) is 60.9 Å². The Morgan fingerprint density at radius 3 is 2.46 bits per heavy atom. The topological polar surface area (TPSA) is 85.4 Å². The highest BCUT2D eigenvalue weighted by atomic mass is 35.5. The summed E-state index contributed by atoms with van der Waals surface area (Å²) in [5.41, 5.74) is 0.888. The van der Waals surface area contributed by atoms with Crippen LogP contribution in [-0.2, 0) is 0 Å². The number of hydrogen-bond acceptors (Lipinski definition) is 6. The fourth-order valence-corrected chi connectivity index (χ4v) is 2.45. The molecule has 0 radical (unpaired) electrons. The molecule has 1 heterocycles. The molecule has 1 amide bonds. The van der Waals surface area contributed by atoms with Gasteiger partial charge in [-0.05, 0) is 48.5 Å². The summed E-state index contributed by atoms with van der Waals surface area (Å²) in [6, 6.07) is 15.8. The highest BCUT2D eigenvalue weighted by Gasteiger charge is 2.09. The van der Waals surface area contributed by atoms with Gasteiger partial charge in [0.25, 0.3) is 5.91 Å². The van der Waals surface area contributed by atoms with Gasteiger partial charge in [-0.25, -0.2) is 9.97 Å². The molecule has 2 aromatic carbocycles. The zero-order valence-electron chi connectivity index (χ0n) is 15.2. The van der Waals surface area contributed by atoms with Crippen LogP contribution in [0.5, 0.6) is 11.5 Å². The Kier molecular flexibility index (Phi) is 6.64. The number of anilines is 2. The Hall–Kier alpha value is -3.32. The van der Waals surface area contributed by atoms with Crippen molar-refractivity contribution >= 4 is 29.0 Å². The van der Waals surface area contributed by atoms with E-state index in [4.69, 9.17) is 21.1 Å². The predicted octanol–water partition coefficient (Wildman–Crippen LogP) is 3.88. The molecule has 0 fully saturated rings. The number of rotatable bonds is 8. The summed E-state index contributed by atoms with van der Waals surface area (Å²) in [7, 11) is 1.62. The summed E-state index contributed by atoms with van der Waals surface area (Å²) in [4.78, 5) is 20.5. The predicted molar refractivity (Wildman–Crippen MR) is 108 cm³/mol. The van der Waals surface area contributed by atoms with Crippen LogP contribution in [0.4, 0.5) is 11.5 Å².